The van der Waals surface area contributed by atoms with E-state index >= 15 is 0 Å². The monoisotopic (exact) mass is 469 g/mol. The van der Waals surface area contributed by atoms with Gasteiger partial charge in [-0.3, -0.25) is 9.59 Å². The number of para-hydroxylation sites is 1. The zero-order chi connectivity index (χ0) is 23.8. The first-order valence-electron chi connectivity index (χ1n) is 11.5. The van der Waals surface area contributed by atoms with Crippen LogP contribution in [0.3, 0.4) is 0 Å². The van der Waals surface area contributed by atoms with Crippen molar-refractivity contribution in [3.8, 4) is 0 Å². The number of hydrogen-bond acceptors (Lipinski definition) is 4. The maximum Gasteiger partial charge on any atom is 0.244 e. The molecule has 0 atom stereocenters. The van der Waals surface area contributed by atoms with Crippen LogP contribution >= 0.6 is 0 Å². The third-order valence-electron chi connectivity index (χ3n) is 6.64. The molecule has 2 aliphatic heterocycles. The number of carbonyl (C=O) groups is 2. The van der Waals surface area contributed by atoms with Crippen LogP contribution in [0.25, 0.3) is 0 Å². The topological polar surface area (TPSA) is 86.8 Å². The molecule has 8 heteroatoms. The van der Waals surface area contributed by atoms with Crippen LogP contribution in [0.5, 0.6) is 0 Å². The van der Waals surface area contributed by atoms with Crippen LogP contribution in [0.4, 0.5) is 11.4 Å². The number of amides is 2. The molecule has 0 bridgehead atoms. The summed E-state index contributed by atoms with van der Waals surface area (Å²) in [6.45, 7) is 6.47. The van der Waals surface area contributed by atoms with Gasteiger partial charge < -0.3 is 10.2 Å². The molecule has 0 aromatic heterocycles. The number of fused-ring (bicyclic) bond motifs is 1. The van der Waals surface area contributed by atoms with E-state index in [4.69, 9.17) is 0 Å². The summed E-state index contributed by atoms with van der Waals surface area (Å²) in [5.41, 5.74) is 2.05. The Morgan fingerprint density at radius 1 is 1.06 bits per heavy atom. The third kappa shape index (κ3) is 4.29. The molecule has 2 aliphatic rings. The standard InChI is InChI=1S/C25H31N3O4S/c1-4-18-10-6-7-11-21(18)26-23(29)17-28-22-13-12-19(16-20(22)25(2,3)24(28)30)33(31,32)27-14-8-5-9-15-27/h6-7,10-13,16H,4-5,8-9,14-15,17H2,1-3H3,(H,26,29). The number of nitrogens with zero attached hydrogens (tertiary/aromatic N) is 2. The molecular formula is C25H31N3O4S. The SMILES string of the molecule is CCc1ccccc1NC(=O)CN1C(=O)C(C)(C)c2cc(S(=O)(=O)N3CCCCC3)ccc21. The quantitative estimate of drug-likeness (QED) is 0.699. The highest BCUT2D eigenvalue weighted by molar-refractivity contribution is 7.89. The first-order valence-corrected chi connectivity index (χ1v) is 12.9. The zero-order valence-corrected chi connectivity index (χ0v) is 20.2. The molecule has 2 heterocycles. The van der Waals surface area contributed by atoms with Crippen molar-refractivity contribution in [1.29, 1.82) is 0 Å². The average Bonchev–Trinajstić information content (AvgIpc) is 3.00. The second-order valence-electron chi connectivity index (χ2n) is 9.22. The fourth-order valence-corrected chi connectivity index (χ4v) is 6.21. The van der Waals surface area contributed by atoms with E-state index in [9.17, 15) is 18.0 Å². The minimum Gasteiger partial charge on any atom is -0.324 e. The van der Waals surface area contributed by atoms with Crippen molar-refractivity contribution in [1.82, 2.24) is 4.31 Å². The van der Waals surface area contributed by atoms with E-state index in [-0.39, 0.29) is 23.3 Å². The Labute approximate surface area is 195 Å². The second-order valence-corrected chi connectivity index (χ2v) is 11.2. The lowest BCUT2D eigenvalue weighted by Crippen LogP contribution is -2.40. The van der Waals surface area contributed by atoms with E-state index in [2.05, 4.69) is 5.32 Å². The number of carbonyl (C=O) groups excluding carboxylic acids is 2. The molecule has 2 amide bonds. The summed E-state index contributed by atoms with van der Waals surface area (Å²) < 4.78 is 27.9. The molecule has 2 aromatic rings. The lowest BCUT2D eigenvalue weighted by Gasteiger charge is -2.26. The fraction of sp³-hybridized carbons (Fsp3) is 0.440. The summed E-state index contributed by atoms with van der Waals surface area (Å²) in [4.78, 5) is 27.7. The highest BCUT2D eigenvalue weighted by atomic mass is 32.2. The maximum atomic E-state index is 13.2. The number of rotatable bonds is 6. The Hall–Kier alpha value is -2.71. The minimum atomic E-state index is -3.62. The molecule has 4 rings (SSSR count). The molecule has 1 saturated heterocycles. The Bertz CT molecular complexity index is 1180. The minimum absolute atomic E-state index is 0.133. The van der Waals surface area contributed by atoms with Gasteiger partial charge in [0.15, 0.2) is 0 Å². The van der Waals surface area contributed by atoms with Crippen LogP contribution in [0.15, 0.2) is 47.4 Å². The number of anilines is 2. The predicted octanol–water partition coefficient (Wildman–Crippen LogP) is 3.69. The van der Waals surface area contributed by atoms with E-state index < -0.39 is 15.4 Å². The van der Waals surface area contributed by atoms with Gasteiger partial charge in [-0.15, -0.1) is 0 Å². The number of benzene rings is 2. The van der Waals surface area contributed by atoms with Crippen LogP contribution in [-0.4, -0.2) is 44.2 Å². The molecule has 0 unspecified atom stereocenters. The van der Waals surface area contributed by atoms with Crippen molar-refractivity contribution in [2.75, 3.05) is 29.9 Å². The molecule has 1 fully saturated rings. The molecule has 1 N–H and O–H groups in total. The highest BCUT2D eigenvalue weighted by Gasteiger charge is 2.45. The molecule has 0 saturated carbocycles. The zero-order valence-electron chi connectivity index (χ0n) is 19.4. The van der Waals surface area contributed by atoms with Crippen LogP contribution in [0.1, 0.15) is 51.2 Å². The summed E-state index contributed by atoms with van der Waals surface area (Å²) in [5, 5.41) is 2.91. The molecule has 2 aromatic carbocycles. The first kappa shape index (κ1) is 23.4. The number of piperidine rings is 1. The molecule has 0 radical (unpaired) electrons. The summed E-state index contributed by atoms with van der Waals surface area (Å²) in [6, 6.07) is 12.4. The average molecular weight is 470 g/mol. The molecule has 7 nitrogen and oxygen atoms in total. The lowest BCUT2D eigenvalue weighted by molar-refractivity contribution is -0.124. The summed E-state index contributed by atoms with van der Waals surface area (Å²) in [7, 11) is -3.62. The van der Waals surface area contributed by atoms with Gasteiger partial charge in [-0.25, -0.2) is 8.42 Å². The molecular weight excluding hydrogens is 438 g/mol. The van der Waals surface area contributed by atoms with E-state index in [1.54, 1.807) is 32.0 Å². The van der Waals surface area contributed by atoms with Crippen molar-refractivity contribution in [2.24, 2.45) is 0 Å². The van der Waals surface area contributed by atoms with Gasteiger partial charge in [0.05, 0.1) is 10.3 Å². The second kappa shape index (κ2) is 8.91. The van der Waals surface area contributed by atoms with Crippen LogP contribution < -0.4 is 10.2 Å². The fourth-order valence-electron chi connectivity index (χ4n) is 4.67. The van der Waals surface area contributed by atoms with E-state index in [0.29, 0.717) is 24.3 Å². The smallest absolute Gasteiger partial charge is 0.244 e. The molecule has 176 valence electrons. The van der Waals surface area contributed by atoms with Gasteiger partial charge in [-0.2, -0.15) is 4.31 Å². The van der Waals surface area contributed by atoms with Crippen molar-refractivity contribution >= 4 is 33.2 Å². The van der Waals surface area contributed by atoms with E-state index in [0.717, 1.165) is 36.9 Å². The van der Waals surface area contributed by atoms with E-state index in [1.165, 1.54) is 9.21 Å². The number of aryl methyl sites for hydroxylation is 1. The van der Waals surface area contributed by atoms with Crippen molar-refractivity contribution in [3.63, 3.8) is 0 Å². The number of hydrogen-bond donors (Lipinski definition) is 1. The van der Waals surface area contributed by atoms with Crippen LogP contribution in [0.2, 0.25) is 0 Å². The maximum absolute atomic E-state index is 13.2. The molecule has 33 heavy (non-hydrogen) atoms. The summed E-state index contributed by atoms with van der Waals surface area (Å²) >= 11 is 0. The molecule has 0 aliphatic carbocycles. The largest absolute Gasteiger partial charge is 0.324 e. The van der Waals surface area contributed by atoms with Gasteiger partial charge in [-0.1, -0.05) is 31.5 Å². The van der Waals surface area contributed by atoms with Crippen LogP contribution in [0, 0.1) is 0 Å². The van der Waals surface area contributed by atoms with Gasteiger partial charge in [-0.05, 0) is 68.5 Å². The summed E-state index contributed by atoms with van der Waals surface area (Å²) in [6.07, 6.45) is 3.54. The Morgan fingerprint density at radius 3 is 2.45 bits per heavy atom. The van der Waals surface area contributed by atoms with Gasteiger partial charge in [0.25, 0.3) is 0 Å². The Kier molecular flexibility index (Phi) is 6.33. The van der Waals surface area contributed by atoms with Gasteiger partial charge in [0.1, 0.15) is 6.54 Å². The lowest BCUT2D eigenvalue weighted by atomic mass is 9.86. The predicted molar refractivity (Wildman–Crippen MR) is 129 cm³/mol. The van der Waals surface area contributed by atoms with Gasteiger partial charge in [0, 0.05) is 24.5 Å². The number of sulfonamides is 1. The van der Waals surface area contributed by atoms with Crippen molar-refractivity contribution < 1.29 is 18.0 Å². The normalized spacial score (nSPS) is 18.3. The van der Waals surface area contributed by atoms with E-state index in [1.807, 2.05) is 31.2 Å². The summed E-state index contributed by atoms with van der Waals surface area (Å²) in [5.74, 6) is -0.512. The third-order valence-corrected chi connectivity index (χ3v) is 8.53. The Morgan fingerprint density at radius 2 is 1.76 bits per heavy atom. The van der Waals surface area contributed by atoms with Crippen LogP contribution in [-0.2, 0) is 31.4 Å². The van der Waals surface area contributed by atoms with Gasteiger partial charge >= 0.3 is 0 Å². The van der Waals surface area contributed by atoms with Crippen molar-refractivity contribution in [3.05, 3.63) is 53.6 Å². The highest BCUT2D eigenvalue weighted by Crippen LogP contribution is 2.43. The van der Waals surface area contributed by atoms with Gasteiger partial charge in [0.2, 0.25) is 21.8 Å². The molecule has 0 spiro atoms. The van der Waals surface area contributed by atoms with Crippen molar-refractivity contribution in [2.45, 2.75) is 56.8 Å². The first-order chi connectivity index (χ1) is 15.7. The Balaban J connectivity index is 1.60. The number of nitrogens with one attached hydrogen (secondary N) is 1.